The standard InChI is InChI=1S/C23H18F6N8O2/c1-3-39-18(38)11-37(2)17-8-13(23(27,28)29)19(36-35-17)15-10-32-20-14(6-7-30-21(20)34-15)33-16-5-4-12(9-31-16)22(24,25)26/h4-10H,3,11H2,1-2H3,(H,30,31,33,34). The van der Waals surface area contributed by atoms with Gasteiger partial charge in [0.2, 0.25) is 0 Å². The maximum atomic E-state index is 14.0. The predicted molar refractivity (Wildman–Crippen MR) is 126 cm³/mol. The van der Waals surface area contributed by atoms with Gasteiger partial charge in [-0.3, -0.25) is 4.79 Å². The Balaban J connectivity index is 1.67. The number of hydrogen-bond acceptors (Lipinski definition) is 10. The third-order valence-electron chi connectivity index (χ3n) is 5.19. The van der Waals surface area contributed by atoms with Crippen molar-refractivity contribution in [3.8, 4) is 11.4 Å². The number of carbonyl (C=O) groups excluding carboxylic acids is 1. The molecule has 0 amide bonds. The molecular weight excluding hydrogens is 534 g/mol. The zero-order chi connectivity index (χ0) is 28.4. The van der Waals surface area contributed by atoms with Crippen molar-refractivity contribution in [2.45, 2.75) is 19.3 Å². The molecule has 0 aliphatic heterocycles. The third-order valence-corrected chi connectivity index (χ3v) is 5.19. The van der Waals surface area contributed by atoms with Crippen molar-refractivity contribution < 1.29 is 35.9 Å². The van der Waals surface area contributed by atoms with Gasteiger partial charge in [0, 0.05) is 19.4 Å². The van der Waals surface area contributed by atoms with Crippen molar-refractivity contribution >= 4 is 34.5 Å². The molecule has 4 heterocycles. The molecule has 4 aromatic heterocycles. The molecular formula is C23H18F6N8O2. The first kappa shape index (κ1) is 27.4. The first-order chi connectivity index (χ1) is 18.4. The highest BCUT2D eigenvalue weighted by molar-refractivity contribution is 5.87. The van der Waals surface area contributed by atoms with Crippen molar-refractivity contribution in [1.29, 1.82) is 0 Å². The average Bonchev–Trinajstić information content (AvgIpc) is 2.87. The van der Waals surface area contributed by atoms with Crippen LogP contribution in [-0.2, 0) is 21.9 Å². The van der Waals surface area contributed by atoms with Crippen molar-refractivity contribution in [1.82, 2.24) is 30.1 Å². The Labute approximate surface area is 216 Å². The first-order valence-electron chi connectivity index (χ1n) is 11.1. The number of likely N-dealkylation sites (N-methyl/N-ethyl adjacent to an activating group) is 1. The molecule has 0 aliphatic rings. The molecule has 0 fully saturated rings. The smallest absolute Gasteiger partial charge is 0.418 e. The highest BCUT2D eigenvalue weighted by Crippen LogP contribution is 2.37. The van der Waals surface area contributed by atoms with Crippen molar-refractivity contribution in [2.75, 3.05) is 30.4 Å². The Morgan fingerprint density at radius 1 is 1.00 bits per heavy atom. The van der Waals surface area contributed by atoms with Gasteiger partial charge in [0.25, 0.3) is 0 Å². The van der Waals surface area contributed by atoms with E-state index >= 15 is 0 Å². The van der Waals surface area contributed by atoms with Crippen LogP contribution >= 0.6 is 0 Å². The highest BCUT2D eigenvalue weighted by Gasteiger charge is 2.36. The summed E-state index contributed by atoms with van der Waals surface area (Å²) in [6.07, 6.45) is -6.43. The molecule has 4 aromatic rings. The summed E-state index contributed by atoms with van der Waals surface area (Å²) < 4.78 is 85.0. The lowest BCUT2D eigenvalue weighted by atomic mass is 10.1. The summed E-state index contributed by atoms with van der Waals surface area (Å²) in [4.78, 5) is 28.9. The number of carbonyl (C=O) groups is 1. The van der Waals surface area contributed by atoms with Crippen LogP contribution in [0.5, 0.6) is 0 Å². The molecule has 0 unspecified atom stereocenters. The van der Waals surface area contributed by atoms with E-state index in [9.17, 15) is 31.1 Å². The van der Waals surface area contributed by atoms with Gasteiger partial charge in [-0.15, -0.1) is 10.2 Å². The van der Waals surface area contributed by atoms with Gasteiger partial charge in [-0.2, -0.15) is 26.3 Å². The number of halogens is 6. The van der Waals surface area contributed by atoms with Crippen LogP contribution in [0.25, 0.3) is 22.6 Å². The molecule has 4 rings (SSSR count). The zero-order valence-corrected chi connectivity index (χ0v) is 20.2. The van der Waals surface area contributed by atoms with Crippen LogP contribution in [0.3, 0.4) is 0 Å². The van der Waals surface area contributed by atoms with E-state index in [4.69, 9.17) is 4.74 Å². The van der Waals surface area contributed by atoms with Gasteiger partial charge in [0.15, 0.2) is 11.5 Å². The Hall–Kier alpha value is -4.63. The summed E-state index contributed by atoms with van der Waals surface area (Å²) in [7, 11) is 1.36. The quantitative estimate of drug-likeness (QED) is 0.256. The average molecular weight is 552 g/mol. The van der Waals surface area contributed by atoms with Crippen LogP contribution in [0.4, 0.5) is 43.7 Å². The van der Waals surface area contributed by atoms with E-state index in [1.807, 2.05) is 0 Å². The Kier molecular flexibility index (Phi) is 7.47. The van der Waals surface area contributed by atoms with Crippen LogP contribution in [0, 0.1) is 0 Å². The molecule has 0 bridgehead atoms. The van der Waals surface area contributed by atoms with Gasteiger partial charge < -0.3 is 15.0 Å². The summed E-state index contributed by atoms with van der Waals surface area (Å²) in [6.45, 7) is 1.36. The lowest BCUT2D eigenvalue weighted by Crippen LogP contribution is -2.28. The molecule has 0 saturated heterocycles. The number of hydrogen-bond donors (Lipinski definition) is 1. The number of ether oxygens (including phenoxy) is 1. The van der Waals surface area contributed by atoms with Gasteiger partial charge in [-0.1, -0.05) is 0 Å². The first-order valence-corrected chi connectivity index (χ1v) is 11.1. The van der Waals surface area contributed by atoms with E-state index < -0.39 is 35.1 Å². The predicted octanol–water partition coefficient (Wildman–Crippen LogP) is 4.66. The maximum Gasteiger partial charge on any atom is 0.418 e. The van der Waals surface area contributed by atoms with E-state index in [1.54, 1.807) is 6.92 Å². The number of esters is 1. The fourth-order valence-electron chi connectivity index (χ4n) is 3.36. The maximum absolute atomic E-state index is 14.0. The Morgan fingerprint density at radius 3 is 2.41 bits per heavy atom. The number of pyridine rings is 2. The van der Waals surface area contributed by atoms with E-state index in [2.05, 4.69) is 35.5 Å². The topological polar surface area (TPSA) is 119 Å². The normalized spacial score (nSPS) is 11.9. The van der Waals surface area contributed by atoms with Gasteiger partial charge in [-0.25, -0.2) is 19.9 Å². The van der Waals surface area contributed by atoms with Crippen LogP contribution < -0.4 is 10.2 Å². The van der Waals surface area contributed by atoms with Gasteiger partial charge in [-0.05, 0) is 31.2 Å². The molecule has 0 spiro atoms. The van der Waals surface area contributed by atoms with Gasteiger partial charge in [0.1, 0.15) is 29.3 Å². The minimum Gasteiger partial charge on any atom is -0.465 e. The van der Waals surface area contributed by atoms with Crippen LogP contribution in [-0.4, -0.2) is 56.3 Å². The number of alkyl halides is 6. The number of anilines is 3. The Bertz CT molecular complexity index is 1500. The number of aromatic nitrogens is 6. The second-order valence-electron chi connectivity index (χ2n) is 7.96. The summed E-state index contributed by atoms with van der Waals surface area (Å²) in [5, 5.41) is 10.3. The van der Waals surface area contributed by atoms with Crippen LogP contribution in [0.15, 0.2) is 42.9 Å². The van der Waals surface area contributed by atoms with Crippen molar-refractivity contribution in [3.63, 3.8) is 0 Å². The molecule has 204 valence electrons. The molecule has 0 radical (unpaired) electrons. The van der Waals surface area contributed by atoms with Crippen molar-refractivity contribution in [2.24, 2.45) is 0 Å². The van der Waals surface area contributed by atoms with E-state index in [0.29, 0.717) is 6.20 Å². The fourth-order valence-corrected chi connectivity index (χ4v) is 3.36. The molecule has 10 nitrogen and oxygen atoms in total. The van der Waals surface area contributed by atoms with E-state index in [0.717, 1.165) is 29.3 Å². The molecule has 16 heteroatoms. The van der Waals surface area contributed by atoms with Crippen LogP contribution in [0.2, 0.25) is 0 Å². The monoisotopic (exact) mass is 552 g/mol. The fraction of sp³-hybridized carbons (Fsp3) is 0.261. The second kappa shape index (κ2) is 10.6. The minimum atomic E-state index is -4.85. The van der Waals surface area contributed by atoms with E-state index in [1.165, 1.54) is 19.3 Å². The van der Waals surface area contributed by atoms with Crippen LogP contribution in [0.1, 0.15) is 18.1 Å². The van der Waals surface area contributed by atoms with E-state index in [-0.39, 0.29) is 47.3 Å². The van der Waals surface area contributed by atoms with Gasteiger partial charge in [0.05, 0.1) is 29.6 Å². The summed E-state index contributed by atoms with van der Waals surface area (Å²) in [6, 6.07) is 4.14. The van der Waals surface area contributed by atoms with Gasteiger partial charge >= 0.3 is 18.3 Å². The minimum absolute atomic E-state index is 0.0640. The van der Waals surface area contributed by atoms with Crippen molar-refractivity contribution in [3.05, 3.63) is 54.0 Å². The zero-order valence-electron chi connectivity index (χ0n) is 20.2. The third kappa shape index (κ3) is 6.27. The lowest BCUT2D eigenvalue weighted by molar-refractivity contribution is -0.141. The largest absolute Gasteiger partial charge is 0.465 e. The summed E-state index contributed by atoms with van der Waals surface area (Å²) >= 11 is 0. The molecule has 0 saturated carbocycles. The SMILES string of the molecule is CCOC(=O)CN(C)c1cc(C(F)(F)F)c(-c2cnc3c(Nc4ccc(C(F)(F)F)cn4)ccnc3n2)nn1. The summed E-state index contributed by atoms with van der Waals surface area (Å²) in [5.74, 6) is -0.808. The second-order valence-corrected chi connectivity index (χ2v) is 7.96. The molecule has 0 atom stereocenters. The number of fused-ring (bicyclic) bond motifs is 1. The Morgan fingerprint density at radius 2 is 1.77 bits per heavy atom. The molecule has 0 aliphatic carbocycles. The number of nitrogens with zero attached hydrogens (tertiary/aromatic N) is 7. The highest BCUT2D eigenvalue weighted by atomic mass is 19.4. The lowest BCUT2D eigenvalue weighted by Gasteiger charge is -2.19. The molecule has 0 aromatic carbocycles. The number of nitrogens with one attached hydrogen (secondary N) is 1. The number of rotatable bonds is 7. The molecule has 39 heavy (non-hydrogen) atoms. The molecule has 1 N–H and O–H groups in total. The summed E-state index contributed by atoms with van der Waals surface area (Å²) in [5.41, 5.74) is -2.69.